The minimum atomic E-state index is -0.421. The molecule has 0 fully saturated rings. The number of carbonyl (C=O) groups excluding carboxylic acids is 1. The summed E-state index contributed by atoms with van der Waals surface area (Å²) >= 11 is 6.60. The molecule has 1 N–H and O–H groups in total. The number of hydrogen-bond acceptors (Lipinski definition) is 5. The summed E-state index contributed by atoms with van der Waals surface area (Å²) < 4.78 is 6.25. The van der Waals surface area contributed by atoms with Crippen LogP contribution in [0.3, 0.4) is 0 Å². The second kappa shape index (κ2) is 7.24. The Morgan fingerprint density at radius 1 is 1.43 bits per heavy atom. The fourth-order valence-electron chi connectivity index (χ4n) is 1.66. The van der Waals surface area contributed by atoms with Gasteiger partial charge in [0.15, 0.2) is 5.11 Å². The molecule has 0 bridgehead atoms. The van der Waals surface area contributed by atoms with Gasteiger partial charge in [-0.15, -0.1) is 0 Å². The van der Waals surface area contributed by atoms with E-state index >= 15 is 0 Å². The predicted molar refractivity (Wildman–Crippen MR) is 86.6 cm³/mol. The van der Waals surface area contributed by atoms with Crippen LogP contribution < -0.4 is 5.32 Å². The van der Waals surface area contributed by atoms with Crippen molar-refractivity contribution in [2.75, 3.05) is 14.2 Å². The second-order valence-electron chi connectivity index (χ2n) is 4.11. The third-order valence-electron chi connectivity index (χ3n) is 2.73. The van der Waals surface area contributed by atoms with Crippen LogP contribution in [0.25, 0.3) is 0 Å². The van der Waals surface area contributed by atoms with Crippen LogP contribution >= 0.6 is 24.0 Å². The van der Waals surface area contributed by atoms with Crippen molar-refractivity contribution >= 4 is 35.1 Å². The topological polar surface area (TPSA) is 56.2 Å². The zero-order valence-corrected chi connectivity index (χ0v) is 13.3. The number of carbonyl (C=O) groups is 1. The molecule has 0 spiro atoms. The Morgan fingerprint density at radius 3 is 2.76 bits per heavy atom. The highest BCUT2D eigenvalue weighted by atomic mass is 32.2. The van der Waals surface area contributed by atoms with Crippen molar-refractivity contribution in [2.24, 2.45) is 0 Å². The van der Waals surface area contributed by atoms with Crippen LogP contribution in [0.1, 0.15) is 15.9 Å². The third kappa shape index (κ3) is 3.83. The van der Waals surface area contributed by atoms with Crippen LogP contribution in [0, 0.1) is 0 Å². The SMILES string of the molecule is CNC(=S)n1cc(C(=O)OC)c(SCc2ccccc2)n1. The molecule has 110 valence electrons. The zero-order chi connectivity index (χ0) is 15.2. The molecular weight excluding hydrogens is 306 g/mol. The van der Waals surface area contributed by atoms with E-state index in [1.165, 1.54) is 23.6 Å². The first-order valence-corrected chi connectivity index (χ1v) is 7.62. The normalized spacial score (nSPS) is 10.2. The van der Waals surface area contributed by atoms with Gasteiger partial charge in [-0.3, -0.25) is 0 Å². The van der Waals surface area contributed by atoms with Crippen LogP contribution in [0.4, 0.5) is 0 Å². The van der Waals surface area contributed by atoms with Crippen LogP contribution in [0.5, 0.6) is 0 Å². The molecular formula is C14H15N3O2S2. The highest BCUT2D eigenvalue weighted by Crippen LogP contribution is 2.25. The molecule has 0 saturated heterocycles. The van der Waals surface area contributed by atoms with Gasteiger partial charge in [0, 0.05) is 19.0 Å². The summed E-state index contributed by atoms with van der Waals surface area (Å²) in [4.78, 5) is 11.8. The minimum Gasteiger partial charge on any atom is -0.465 e. The number of aromatic nitrogens is 2. The van der Waals surface area contributed by atoms with E-state index in [-0.39, 0.29) is 0 Å². The molecule has 2 rings (SSSR count). The number of methoxy groups -OCH3 is 1. The van der Waals surface area contributed by atoms with Gasteiger partial charge < -0.3 is 10.1 Å². The number of nitrogens with one attached hydrogen (secondary N) is 1. The lowest BCUT2D eigenvalue weighted by Gasteiger charge is -2.01. The van der Waals surface area contributed by atoms with Gasteiger partial charge in [-0.1, -0.05) is 42.1 Å². The smallest absolute Gasteiger partial charge is 0.342 e. The van der Waals surface area contributed by atoms with Gasteiger partial charge in [0.25, 0.3) is 0 Å². The van der Waals surface area contributed by atoms with E-state index in [9.17, 15) is 4.79 Å². The van der Waals surface area contributed by atoms with Crippen molar-refractivity contribution in [1.82, 2.24) is 15.1 Å². The molecule has 0 radical (unpaired) electrons. The van der Waals surface area contributed by atoms with Gasteiger partial charge in [0.1, 0.15) is 10.6 Å². The molecule has 0 aliphatic heterocycles. The molecule has 0 atom stereocenters. The Labute approximate surface area is 132 Å². The molecule has 0 amide bonds. The van der Waals surface area contributed by atoms with Crippen molar-refractivity contribution in [3.63, 3.8) is 0 Å². The summed E-state index contributed by atoms with van der Waals surface area (Å²) in [6.07, 6.45) is 1.58. The van der Waals surface area contributed by atoms with E-state index in [0.717, 1.165) is 5.56 Å². The lowest BCUT2D eigenvalue weighted by molar-refractivity contribution is 0.0597. The lowest BCUT2D eigenvalue weighted by atomic mass is 10.2. The molecule has 5 nitrogen and oxygen atoms in total. The lowest BCUT2D eigenvalue weighted by Crippen LogP contribution is -2.24. The Kier molecular flexibility index (Phi) is 5.35. The Morgan fingerprint density at radius 2 is 2.14 bits per heavy atom. The maximum atomic E-state index is 11.8. The van der Waals surface area contributed by atoms with Crippen LogP contribution in [0.2, 0.25) is 0 Å². The fourth-order valence-corrected chi connectivity index (χ4v) is 2.69. The first-order valence-electron chi connectivity index (χ1n) is 6.22. The molecule has 21 heavy (non-hydrogen) atoms. The molecule has 0 unspecified atom stereocenters. The Hall–Kier alpha value is -1.86. The highest BCUT2D eigenvalue weighted by Gasteiger charge is 2.18. The first-order chi connectivity index (χ1) is 10.2. The maximum absolute atomic E-state index is 11.8. The van der Waals surface area contributed by atoms with Gasteiger partial charge in [-0.25, -0.2) is 9.48 Å². The van der Waals surface area contributed by atoms with Gasteiger partial charge >= 0.3 is 5.97 Å². The average Bonchev–Trinajstić information content (AvgIpc) is 2.96. The maximum Gasteiger partial charge on any atom is 0.342 e. The number of esters is 1. The quantitative estimate of drug-likeness (QED) is 0.530. The standard InChI is InChI=1S/C14H15N3O2S2/c1-15-14(20)17-8-11(13(18)19-2)12(16-17)21-9-10-6-4-3-5-7-10/h3-8H,9H2,1-2H3,(H,15,20). The van der Waals surface area contributed by atoms with Crippen LogP contribution in [-0.2, 0) is 10.5 Å². The number of hydrogen-bond donors (Lipinski definition) is 1. The van der Waals surface area contributed by atoms with Crippen molar-refractivity contribution in [2.45, 2.75) is 10.8 Å². The Bertz CT molecular complexity index is 641. The third-order valence-corrected chi connectivity index (χ3v) is 4.17. The summed E-state index contributed by atoms with van der Waals surface area (Å²) in [7, 11) is 3.06. The molecule has 0 aliphatic rings. The fraction of sp³-hybridized carbons (Fsp3) is 0.214. The van der Waals surface area contributed by atoms with Crippen LogP contribution in [-0.4, -0.2) is 35.0 Å². The number of thiocarbonyl (C=S) groups is 1. The largest absolute Gasteiger partial charge is 0.465 e. The molecule has 7 heteroatoms. The van der Waals surface area contributed by atoms with Gasteiger partial charge in [-0.05, 0) is 17.8 Å². The van der Waals surface area contributed by atoms with E-state index in [0.29, 0.717) is 21.5 Å². The summed E-state index contributed by atoms with van der Waals surface area (Å²) in [5, 5.41) is 8.19. The second-order valence-corrected chi connectivity index (χ2v) is 5.46. The Balaban J connectivity index is 2.22. The number of benzene rings is 1. The molecule has 1 aromatic carbocycles. The molecule has 1 aromatic heterocycles. The monoisotopic (exact) mass is 321 g/mol. The molecule has 0 saturated carbocycles. The molecule has 0 aliphatic carbocycles. The van der Waals surface area contributed by atoms with Crippen molar-refractivity contribution in [3.05, 3.63) is 47.7 Å². The van der Waals surface area contributed by atoms with Gasteiger partial charge in [0.2, 0.25) is 0 Å². The summed E-state index contributed by atoms with van der Waals surface area (Å²) in [5.74, 6) is 0.296. The number of rotatable bonds is 4. The predicted octanol–water partition coefficient (Wildman–Crippen LogP) is 2.31. The summed E-state index contributed by atoms with van der Waals surface area (Å²) in [6, 6.07) is 9.98. The first kappa shape index (κ1) is 15.5. The number of ether oxygens (including phenoxy) is 1. The number of thioether (sulfide) groups is 1. The molecule has 1 heterocycles. The van der Waals surface area contributed by atoms with Crippen molar-refractivity contribution < 1.29 is 9.53 Å². The molecule has 2 aromatic rings. The van der Waals surface area contributed by atoms with E-state index in [1.54, 1.807) is 13.2 Å². The van der Waals surface area contributed by atoms with E-state index in [4.69, 9.17) is 17.0 Å². The van der Waals surface area contributed by atoms with Gasteiger partial charge in [0.05, 0.1) is 7.11 Å². The highest BCUT2D eigenvalue weighted by molar-refractivity contribution is 7.98. The zero-order valence-electron chi connectivity index (χ0n) is 11.7. The number of nitrogens with zero attached hydrogens (tertiary/aromatic N) is 2. The minimum absolute atomic E-state index is 0.413. The van der Waals surface area contributed by atoms with Crippen molar-refractivity contribution in [1.29, 1.82) is 0 Å². The summed E-state index contributed by atoms with van der Waals surface area (Å²) in [5.41, 5.74) is 1.57. The van der Waals surface area contributed by atoms with E-state index < -0.39 is 5.97 Å². The van der Waals surface area contributed by atoms with E-state index in [1.807, 2.05) is 30.3 Å². The average molecular weight is 321 g/mol. The summed E-state index contributed by atoms with van der Waals surface area (Å²) in [6.45, 7) is 0. The van der Waals surface area contributed by atoms with Crippen molar-refractivity contribution in [3.8, 4) is 0 Å². The van der Waals surface area contributed by atoms with E-state index in [2.05, 4.69) is 10.4 Å². The van der Waals surface area contributed by atoms with Gasteiger partial charge in [-0.2, -0.15) is 5.10 Å². The van der Waals surface area contributed by atoms with Crippen LogP contribution in [0.15, 0.2) is 41.6 Å².